The Morgan fingerprint density at radius 1 is 0.889 bits per heavy atom. The van der Waals surface area contributed by atoms with Gasteiger partial charge in [-0.15, -0.1) is 11.3 Å². The van der Waals surface area contributed by atoms with Crippen LogP contribution in [-0.4, -0.2) is 71.7 Å². The van der Waals surface area contributed by atoms with E-state index in [1.54, 1.807) is 35.6 Å². The Morgan fingerprint density at radius 2 is 1.56 bits per heavy atom. The lowest BCUT2D eigenvalue weighted by atomic mass is 10.1. The van der Waals surface area contributed by atoms with Crippen LogP contribution in [0.3, 0.4) is 0 Å². The fourth-order valence-electron chi connectivity index (χ4n) is 3.58. The molecule has 2 aliphatic heterocycles. The summed E-state index contributed by atoms with van der Waals surface area (Å²) in [4.78, 5) is 43.7. The molecular formula is C20H21N3O3S. The second-order valence-corrected chi connectivity index (χ2v) is 7.82. The summed E-state index contributed by atoms with van der Waals surface area (Å²) in [5, 5.41) is 1.99. The Hall–Kier alpha value is -2.51. The van der Waals surface area contributed by atoms with Crippen LogP contribution < -0.4 is 0 Å². The molecule has 0 spiro atoms. The fourth-order valence-corrected chi connectivity index (χ4v) is 4.27. The van der Waals surface area contributed by atoms with Crippen molar-refractivity contribution >= 4 is 29.1 Å². The summed E-state index contributed by atoms with van der Waals surface area (Å²) in [6.45, 7) is 3.92. The summed E-state index contributed by atoms with van der Waals surface area (Å²) < 4.78 is 0. The first kappa shape index (κ1) is 17.9. The van der Waals surface area contributed by atoms with E-state index in [2.05, 4.69) is 4.90 Å². The van der Waals surface area contributed by atoms with Gasteiger partial charge in [0, 0.05) is 44.1 Å². The lowest BCUT2D eigenvalue weighted by Gasteiger charge is -2.35. The number of nitrogens with zero attached hydrogens (tertiary/aromatic N) is 3. The van der Waals surface area contributed by atoms with Gasteiger partial charge in [-0.05, 0) is 23.6 Å². The molecule has 1 fully saturated rings. The Balaban J connectivity index is 1.26. The number of piperazine rings is 1. The van der Waals surface area contributed by atoms with Gasteiger partial charge in [0.1, 0.15) is 0 Å². The van der Waals surface area contributed by atoms with Crippen LogP contribution in [0.15, 0.2) is 41.8 Å². The second kappa shape index (κ2) is 7.62. The van der Waals surface area contributed by atoms with Gasteiger partial charge in [-0.25, -0.2) is 0 Å². The minimum absolute atomic E-state index is 0.164. The number of carbonyl (C=O) groups excluding carboxylic acids is 3. The molecule has 6 nitrogen and oxygen atoms in total. The number of hydrogen-bond acceptors (Lipinski definition) is 5. The summed E-state index contributed by atoms with van der Waals surface area (Å²) in [6.07, 6.45) is 0.465. The number of benzene rings is 1. The third kappa shape index (κ3) is 3.65. The molecule has 1 saturated heterocycles. The second-order valence-electron chi connectivity index (χ2n) is 6.79. The molecule has 0 atom stereocenters. The number of hydrogen-bond donors (Lipinski definition) is 0. The van der Waals surface area contributed by atoms with E-state index in [1.807, 2.05) is 22.4 Å². The number of fused-ring (bicyclic) bond motifs is 1. The molecule has 2 aromatic rings. The van der Waals surface area contributed by atoms with Gasteiger partial charge in [0.25, 0.3) is 11.8 Å². The molecule has 3 amide bonds. The maximum Gasteiger partial charge on any atom is 0.261 e. The van der Waals surface area contributed by atoms with Gasteiger partial charge in [-0.3, -0.25) is 24.2 Å². The van der Waals surface area contributed by atoms with E-state index in [0.29, 0.717) is 43.7 Å². The fraction of sp³-hybridized carbons (Fsp3) is 0.350. The smallest absolute Gasteiger partial charge is 0.261 e. The zero-order valence-electron chi connectivity index (χ0n) is 15.0. The van der Waals surface area contributed by atoms with Crippen LogP contribution >= 0.6 is 11.3 Å². The van der Waals surface area contributed by atoms with Gasteiger partial charge in [0.05, 0.1) is 17.5 Å². The van der Waals surface area contributed by atoms with Gasteiger partial charge >= 0.3 is 0 Å². The highest BCUT2D eigenvalue weighted by atomic mass is 32.1. The number of carbonyl (C=O) groups is 3. The Labute approximate surface area is 162 Å². The van der Waals surface area contributed by atoms with Crippen LogP contribution in [0.25, 0.3) is 0 Å². The SMILES string of the molecule is O=C(Cc1cccs1)N1CCN(CCN2C(=O)c3ccccc3C2=O)CC1. The molecule has 0 unspecified atom stereocenters. The van der Waals surface area contributed by atoms with E-state index in [1.165, 1.54) is 4.90 Å². The zero-order chi connectivity index (χ0) is 18.8. The molecule has 0 bridgehead atoms. The summed E-state index contributed by atoms with van der Waals surface area (Å²) in [7, 11) is 0. The summed E-state index contributed by atoms with van der Waals surface area (Å²) >= 11 is 1.61. The average molecular weight is 383 g/mol. The molecular weight excluding hydrogens is 362 g/mol. The van der Waals surface area contributed by atoms with E-state index >= 15 is 0 Å². The average Bonchev–Trinajstić information content (AvgIpc) is 3.28. The van der Waals surface area contributed by atoms with Crippen molar-refractivity contribution in [3.05, 3.63) is 57.8 Å². The summed E-state index contributed by atoms with van der Waals surface area (Å²) in [5.74, 6) is -0.252. The van der Waals surface area contributed by atoms with Crippen molar-refractivity contribution in [3.63, 3.8) is 0 Å². The first-order valence-electron chi connectivity index (χ1n) is 9.11. The predicted molar refractivity (Wildman–Crippen MR) is 103 cm³/mol. The van der Waals surface area contributed by atoms with Crippen molar-refractivity contribution in [2.24, 2.45) is 0 Å². The molecule has 140 valence electrons. The maximum atomic E-state index is 12.4. The molecule has 3 heterocycles. The largest absolute Gasteiger partial charge is 0.340 e. The molecule has 0 aliphatic carbocycles. The van der Waals surface area contributed by atoms with Crippen LogP contribution in [0, 0.1) is 0 Å². The van der Waals surface area contributed by atoms with Gasteiger partial charge in [-0.2, -0.15) is 0 Å². The summed E-state index contributed by atoms with van der Waals surface area (Å²) in [5.41, 5.74) is 0.984. The normalized spacial score (nSPS) is 17.5. The number of thiophene rings is 1. The zero-order valence-corrected chi connectivity index (χ0v) is 15.8. The third-order valence-electron chi connectivity index (χ3n) is 5.15. The molecule has 0 radical (unpaired) electrons. The highest BCUT2D eigenvalue weighted by Gasteiger charge is 2.35. The number of rotatable bonds is 5. The predicted octanol–water partition coefficient (Wildman–Crippen LogP) is 1.73. The quantitative estimate of drug-likeness (QED) is 0.738. The summed E-state index contributed by atoms with van der Waals surface area (Å²) in [6, 6.07) is 10.9. The van der Waals surface area contributed by atoms with E-state index in [-0.39, 0.29) is 17.7 Å². The van der Waals surface area contributed by atoms with Crippen LogP contribution in [-0.2, 0) is 11.2 Å². The third-order valence-corrected chi connectivity index (χ3v) is 6.02. The van der Waals surface area contributed by atoms with Crippen LogP contribution in [0.2, 0.25) is 0 Å². The minimum Gasteiger partial charge on any atom is -0.340 e. The van der Waals surface area contributed by atoms with Gasteiger partial charge in [0.2, 0.25) is 5.91 Å². The Bertz CT molecular complexity index is 822. The van der Waals surface area contributed by atoms with Crippen molar-refractivity contribution in [3.8, 4) is 0 Å². The highest BCUT2D eigenvalue weighted by Crippen LogP contribution is 2.22. The molecule has 27 heavy (non-hydrogen) atoms. The van der Waals surface area contributed by atoms with Crippen LogP contribution in [0.5, 0.6) is 0 Å². The van der Waals surface area contributed by atoms with E-state index < -0.39 is 0 Å². The van der Waals surface area contributed by atoms with E-state index in [0.717, 1.165) is 18.0 Å². The molecule has 1 aromatic carbocycles. The topological polar surface area (TPSA) is 60.9 Å². The lowest BCUT2D eigenvalue weighted by Crippen LogP contribution is -2.51. The first-order valence-corrected chi connectivity index (χ1v) is 9.99. The number of imide groups is 1. The molecule has 2 aliphatic rings. The van der Waals surface area contributed by atoms with Crippen molar-refractivity contribution in [1.82, 2.24) is 14.7 Å². The Morgan fingerprint density at radius 3 is 2.15 bits per heavy atom. The van der Waals surface area contributed by atoms with E-state index in [4.69, 9.17) is 0 Å². The van der Waals surface area contributed by atoms with Crippen molar-refractivity contribution in [1.29, 1.82) is 0 Å². The molecule has 4 rings (SSSR count). The molecule has 0 saturated carbocycles. The Kier molecular flexibility index (Phi) is 5.05. The van der Waals surface area contributed by atoms with E-state index in [9.17, 15) is 14.4 Å². The molecule has 7 heteroatoms. The lowest BCUT2D eigenvalue weighted by molar-refractivity contribution is -0.132. The molecule has 1 aromatic heterocycles. The van der Waals surface area contributed by atoms with Gasteiger partial charge in [-0.1, -0.05) is 18.2 Å². The first-order chi connectivity index (χ1) is 13.1. The standard InChI is InChI=1S/C20H21N3O3S/c24-18(14-15-4-3-13-27-15)22-10-7-21(8-11-22)9-12-23-19(25)16-5-1-2-6-17(16)20(23)26/h1-6,13H,7-12,14H2. The van der Waals surface area contributed by atoms with Gasteiger partial charge in [0.15, 0.2) is 0 Å². The van der Waals surface area contributed by atoms with Crippen molar-refractivity contribution in [2.45, 2.75) is 6.42 Å². The van der Waals surface area contributed by atoms with Crippen LogP contribution in [0.1, 0.15) is 25.6 Å². The minimum atomic E-state index is -0.208. The van der Waals surface area contributed by atoms with Gasteiger partial charge < -0.3 is 4.90 Å². The molecule has 0 N–H and O–H groups in total. The maximum absolute atomic E-state index is 12.4. The highest BCUT2D eigenvalue weighted by molar-refractivity contribution is 7.10. The van der Waals surface area contributed by atoms with Crippen molar-refractivity contribution in [2.75, 3.05) is 39.3 Å². The number of amides is 3. The van der Waals surface area contributed by atoms with Crippen molar-refractivity contribution < 1.29 is 14.4 Å². The monoisotopic (exact) mass is 383 g/mol. The van der Waals surface area contributed by atoms with Crippen LogP contribution in [0.4, 0.5) is 0 Å².